The highest BCUT2D eigenvalue weighted by Gasteiger charge is 2.30. The maximum atomic E-state index is 9.26. The van der Waals surface area contributed by atoms with Gasteiger partial charge < -0.3 is 10.6 Å². The summed E-state index contributed by atoms with van der Waals surface area (Å²) in [7, 11) is 0. The molecule has 6 aromatic rings. The summed E-state index contributed by atoms with van der Waals surface area (Å²) in [6.45, 7) is 6.97. The van der Waals surface area contributed by atoms with Gasteiger partial charge in [0, 0.05) is 55.4 Å². The van der Waals surface area contributed by atoms with Gasteiger partial charge in [-0.1, -0.05) is 42.5 Å². The number of nitrogen functional groups attached to an aromatic ring is 1. The molecule has 0 amide bonds. The molecule has 45 heavy (non-hydrogen) atoms. The number of imidazole rings is 1. The Morgan fingerprint density at radius 1 is 0.822 bits per heavy atom. The van der Waals surface area contributed by atoms with Crippen LogP contribution < -0.4 is 10.6 Å². The highest BCUT2D eigenvalue weighted by molar-refractivity contribution is 5.84. The first-order chi connectivity index (χ1) is 22.0. The van der Waals surface area contributed by atoms with Gasteiger partial charge in [-0.25, -0.2) is 24.9 Å². The van der Waals surface area contributed by atoms with Crippen LogP contribution in [0.3, 0.4) is 0 Å². The second-order valence-electron chi connectivity index (χ2n) is 11.4. The molecule has 1 aliphatic heterocycles. The molecule has 10 nitrogen and oxygen atoms in total. The molecule has 1 saturated heterocycles. The molecule has 0 radical (unpaired) electrons. The Balaban J connectivity index is 1.19. The van der Waals surface area contributed by atoms with E-state index in [9.17, 15) is 5.26 Å². The Hall–Kier alpha value is -5.66. The summed E-state index contributed by atoms with van der Waals surface area (Å²) in [5.41, 5.74) is 12.7. The molecule has 7 rings (SSSR count). The van der Waals surface area contributed by atoms with Gasteiger partial charge in [0.25, 0.3) is 0 Å². The minimum absolute atomic E-state index is 0.195. The minimum atomic E-state index is 0.195. The third-order valence-electron chi connectivity index (χ3n) is 8.25. The van der Waals surface area contributed by atoms with Crippen LogP contribution in [0.5, 0.6) is 0 Å². The van der Waals surface area contributed by atoms with Gasteiger partial charge in [-0.15, -0.1) is 0 Å². The van der Waals surface area contributed by atoms with Crippen LogP contribution in [0.25, 0.3) is 39.5 Å². The van der Waals surface area contributed by atoms with Crippen molar-refractivity contribution in [3.05, 3.63) is 109 Å². The maximum Gasteiger partial charge on any atom is 0.234 e. The van der Waals surface area contributed by atoms with E-state index in [-0.39, 0.29) is 17.9 Å². The molecular weight excluding hydrogens is 560 g/mol. The van der Waals surface area contributed by atoms with E-state index in [2.05, 4.69) is 79.6 Å². The summed E-state index contributed by atoms with van der Waals surface area (Å²) >= 11 is 0. The van der Waals surface area contributed by atoms with Crippen LogP contribution in [0.15, 0.2) is 97.3 Å². The van der Waals surface area contributed by atoms with E-state index in [1.807, 2.05) is 54.6 Å². The number of pyridine rings is 2. The molecule has 1 aliphatic rings. The molecule has 0 saturated carbocycles. The SMILES string of the molecule is C[C@@H]1CN(Cc2ccc(-n3c(-c4cccnc4N)nc4ccc(-c5ccccc5)nc43)cc2)C[C@@H](C)N1c1ccnc(C#N)n1. The largest absolute Gasteiger partial charge is 0.383 e. The Bertz CT molecular complexity index is 2000. The van der Waals surface area contributed by atoms with Gasteiger partial charge in [0.05, 0.1) is 11.3 Å². The molecule has 2 aromatic carbocycles. The summed E-state index contributed by atoms with van der Waals surface area (Å²) < 4.78 is 2.07. The third kappa shape index (κ3) is 5.46. The molecule has 5 heterocycles. The topological polar surface area (TPSA) is 126 Å². The van der Waals surface area contributed by atoms with Crippen LogP contribution in [-0.4, -0.2) is 59.6 Å². The van der Waals surface area contributed by atoms with Gasteiger partial charge in [0.15, 0.2) is 11.5 Å². The van der Waals surface area contributed by atoms with Gasteiger partial charge in [0.1, 0.15) is 23.2 Å². The predicted molar refractivity (Wildman–Crippen MR) is 175 cm³/mol. The van der Waals surface area contributed by atoms with Gasteiger partial charge in [-0.05, 0) is 61.9 Å². The van der Waals surface area contributed by atoms with Crippen LogP contribution in [0.1, 0.15) is 25.2 Å². The second-order valence-corrected chi connectivity index (χ2v) is 11.4. The standard InChI is InChI=1S/C35H32N10/c1-23-20-43(21-24(2)44(23)32-16-18-38-31(19-36)42-32)22-25-10-12-27(13-11-25)45-34(28-9-6-17-39-33(28)37)41-30-15-14-29(40-35(30)45)26-7-4-3-5-8-26/h3-18,23-24H,20-22H2,1-2H3,(H2,37,39)/t23-,24-/m1/s1. The molecule has 0 aliphatic carbocycles. The van der Waals surface area contributed by atoms with Crippen molar-refractivity contribution in [2.75, 3.05) is 23.7 Å². The molecule has 0 bridgehead atoms. The normalized spacial score (nSPS) is 17.0. The minimum Gasteiger partial charge on any atom is -0.383 e. The molecule has 1 fully saturated rings. The number of hydrogen-bond acceptors (Lipinski definition) is 9. The zero-order chi connectivity index (χ0) is 30.9. The number of aromatic nitrogens is 6. The van der Waals surface area contributed by atoms with E-state index in [1.165, 1.54) is 5.56 Å². The fourth-order valence-electron chi connectivity index (χ4n) is 6.33. The lowest BCUT2D eigenvalue weighted by Crippen LogP contribution is -2.56. The number of rotatable bonds is 6. The number of hydrogen-bond donors (Lipinski definition) is 1. The zero-order valence-electron chi connectivity index (χ0n) is 25.1. The van der Waals surface area contributed by atoms with E-state index in [0.29, 0.717) is 11.6 Å². The lowest BCUT2D eigenvalue weighted by molar-refractivity contribution is 0.191. The maximum absolute atomic E-state index is 9.26. The van der Waals surface area contributed by atoms with Crippen LogP contribution in [0.2, 0.25) is 0 Å². The van der Waals surface area contributed by atoms with Gasteiger partial charge in [-0.2, -0.15) is 5.26 Å². The molecule has 10 heteroatoms. The number of anilines is 2. The first-order valence-corrected chi connectivity index (χ1v) is 15.0. The Kier molecular flexibility index (Phi) is 7.37. The molecule has 0 unspecified atom stereocenters. The fourth-order valence-corrected chi connectivity index (χ4v) is 6.33. The number of nitriles is 1. The number of benzene rings is 2. The van der Waals surface area contributed by atoms with Crippen LogP contribution in [0.4, 0.5) is 11.6 Å². The number of piperazine rings is 1. The highest BCUT2D eigenvalue weighted by atomic mass is 15.3. The van der Waals surface area contributed by atoms with Crippen molar-refractivity contribution in [1.82, 2.24) is 34.4 Å². The van der Waals surface area contributed by atoms with Gasteiger partial charge in [0.2, 0.25) is 5.82 Å². The van der Waals surface area contributed by atoms with E-state index in [4.69, 9.17) is 15.7 Å². The van der Waals surface area contributed by atoms with Crippen LogP contribution in [0, 0.1) is 11.3 Å². The Morgan fingerprint density at radius 2 is 1.60 bits per heavy atom. The lowest BCUT2D eigenvalue weighted by Gasteiger charge is -2.45. The molecule has 0 spiro atoms. The summed E-state index contributed by atoms with van der Waals surface area (Å²) in [6.07, 6.45) is 3.34. The van der Waals surface area contributed by atoms with Crippen molar-refractivity contribution in [1.29, 1.82) is 5.26 Å². The number of nitrogens with two attached hydrogens (primary N) is 1. The molecule has 4 aromatic heterocycles. The summed E-state index contributed by atoms with van der Waals surface area (Å²) in [4.78, 5) is 27.6. The number of fused-ring (bicyclic) bond motifs is 1. The van der Waals surface area contributed by atoms with E-state index in [0.717, 1.165) is 59.1 Å². The van der Waals surface area contributed by atoms with Crippen LogP contribution >= 0.6 is 0 Å². The summed E-state index contributed by atoms with van der Waals surface area (Å²) in [5, 5.41) is 9.26. The Morgan fingerprint density at radius 3 is 2.33 bits per heavy atom. The molecule has 222 valence electrons. The van der Waals surface area contributed by atoms with Gasteiger partial charge in [-0.3, -0.25) is 9.47 Å². The zero-order valence-corrected chi connectivity index (χ0v) is 25.1. The number of nitrogens with zero attached hydrogens (tertiary/aromatic N) is 9. The lowest BCUT2D eigenvalue weighted by atomic mass is 10.1. The van der Waals surface area contributed by atoms with Crippen molar-refractivity contribution in [2.45, 2.75) is 32.5 Å². The fraction of sp³-hybridized carbons (Fsp3) is 0.200. The Labute approximate surface area is 261 Å². The van der Waals surface area contributed by atoms with Crippen molar-refractivity contribution < 1.29 is 0 Å². The first kappa shape index (κ1) is 28.1. The van der Waals surface area contributed by atoms with Crippen molar-refractivity contribution >= 4 is 22.8 Å². The average molecular weight is 593 g/mol. The summed E-state index contributed by atoms with van der Waals surface area (Å²) in [5.74, 6) is 2.11. The van der Waals surface area contributed by atoms with E-state index < -0.39 is 0 Å². The van der Waals surface area contributed by atoms with Crippen LogP contribution in [-0.2, 0) is 6.54 Å². The summed E-state index contributed by atoms with van der Waals surface area (Å²) in [6, 6.07) is 30.9. The molecule has 2 atom stereocenters. The predicted octanol–water partition coefficient (Wildman–Crippen LogP) is 5.49. The van der Waals surface area contributed by atoms with Crippen molar-refractivity contribution in [3.63, 3.8) is 0 Å². The van der Waals surface area contributed by atoms with Gasteiger partial charge >= 0.3 is 0 Å². The molecular formula is C35H32N10. The van der Waals surface area contributed by atoms with E-state index >= 15 is 0 Å². The average Bonchev–Trinajstić information content (AvgIpc) is 3.44. The quantitative estimate of drug-likeness (QED) is 0.267. The van der Waals surface area contributed by atoms with E-state index in [1.54, 1.807) is 12.4 Å². The monoisotopic (exact) mass is 592 g/mol. The highest BCUT2D eigenvalue weighted by Crippen LogP contribution is 2.32. The van der Waals surface area contributed by atoms with Crippen molar-refractivity contribution in [2.24, 2.45) is 0 Å². The van der Waals surface area contributed by atoms with Crippen molar-refractivity contribution in [3.8, 4) is 34.4 Å². The third-order valence-corrected chi connectivity index (χ3v) is 8.25. The first-order valence-electron chi connectivity index (χ1n) is 15.0. The second kappa shape index (κ2) is 11.8. The smallest absolute Gasteiger partial charge is 0.234 e. The molecule has 2 N–H and O–H groups in total.